The van der Waals surface area contributed by atoms with E-state index in [1.165, 1.54) is 11.1 Å². The lowest BCUT2D eigenvalue weighted by Gasteiger charge is -2.46. The van der Waals surface area contributed by atoms with Crippen LogP contribution in [0.3, 0.4) is 0 Å². The molecule has 1 aliphatic carbocycles. The SMILES string of the molecule is Cc1ccccc1CN1CC[C@H]2OCCN(S(=O)(=O)C3CC3)[C@@H]2C1. The molecule has 2 atom stereocenters. The average Bonchev–Trinajstić information content (AvgIpc) is 3.42. The molecular weight excluding hydrogens is 324 g/mol. The van der Waals surface area contributed by atoms with E-state index in [2.05, 4.69) is 36.1 Å². The Morgan fingerprint density at radius 3 is 2.71 bits per heavy atom. The molecule has 2 aliphatic heterocycles. The largest absolute Gasteiger partial charge is 0.375 e. The summed E-state index contributed by atoms with van der Waals surface area (Å²) in [6.07, 6.45) is 2.61. The lowest BCUT2D eigenvalue weighted by atomic mass is 9.99. The minimum atomic E-state index is -3.14. The fourth-order valence-electron chi connectivity index (χ4n) is 3.95. The van der Waals surface area contributed by atoms with Gasteiger partial charge in [-0.15, -0.1) is 0 Å². The van der Waals surface area contributed by atoms with Gasteiger partial charge in [0.1, 0.15) is 0 Å². The van der Waals surface area contributed by atoms with Crippen LogP contribution >= 0.6 is 0 Å². The molecule has 0 aromatic heterocycles. The van der Waals surface area contributed by atoms with E-state index in [0.717, 1.165) is 38.9 Å². The van der Waals surface area contributed by atoms with Crippen LogP contribution in [0.25, 0.3) is 0 Å². The molecule has 0 spiro atoms. The van der Waals surface area contributed by atoms with Crippen molar-refractivity contribution in [3.8, 4) is 0 Å². The first kappa shape index (κ1) is 16.5. The number of benzene rings is 1. The average molecular weight is 350 g/mol. The van der Waals surface area contributed by atoms with Gasteiger partial charge in [0, 0.05) is 26.2 Å². The number of morpholine rings is 1. The van der Waals surface area contributed by atoms with Crippen LogP contribution in [0.1, 0.15) is 30.4 Å². The molecule has 1 aromatic carbocycles. The number of ether oxygens (including phenoxy) is 1. The predicted octanol–water partition coefficient (Wildman–Crippen LogP) is 1.76. The second-order valence-electron chi connectivity index (χ2n) is 7.28. The van der Waals surface area contributed by atoms with Crippen molar-refractivity contribution >= 4 is 10.0 Å². The summed E-state index contributed by atoms with van der Waals surface area (Å²) in [6.45, 7) is 5.80. The summed E-state index contributed by atoms with van der Waals surface area (Å²) in [7, 11) is -3.14. The van der Waals surface area contributed by atoms with E-state index in [9.17, 15) is 8.42 Å². The van der Waals surface area contributed by atoms with Gasteiger partial charge in [-0.25, -0.2) is 8.42 Å². The topological polar surface area (TPSA) is 49.9 Å². The number of nitrogens with zero attached hydrogens (tertiary/aromatic N) is 2. The summed E-state index contributed by atoms with van der Waals surface area (Å²) in [6, 6.07) is 8.40. The van der Waals surface area contributed by atoms with Crippen LogP contribution in [-0.4, -0.2) is 61.3 Å². The number of rotatable bonds is 4. The molecule has 0 bridgehead atoms. The Morgan fingerprint density at radius 2 is 1.96 bits per heavy atom. The number of aryl methyl sites for hydroxylation is 1. The molecule has 0 radical (unpaired) electrons. The Hall–Kier alpha value is -0.950. The fourth-order valence-corrected chi connectivity index (χ4v) is 5.98. The third kappa shape index (κ3) is 3.12. The van der Waals surface area contributed by atoms with Gasteiger partial charge in [-0.1, -0.05) is 24.3 Å². The minimum Gasteiger partial charge on any atom is -0.375 e. The summed E-state index contributed by atoms with van der Waals surface area (Å²) < 4.78 is 33.2. The number of sulfonamides is 1. The summed E-state index contributed by atoms with van der Waals surface area (Å²) >= 11 is 0. The third-order valence-electron chi connectivity index (χ3n) is 5.55. The van der Waals surface area contributed by atoms with Crippen LogP contribution in [0.15, 0.2) is 24.3 Å². The van der Waals surface area contributed by atoms with Gasteiger partial charge >= 0.3 is 0 Å². The molecule has 0 N–H and O–H groups in total. The van der Waals surface area contributed by atoms with Gasteiger partial charge in [0.25, 0.3) is 0 Å². The Kier molecular flexibility index (Phi) is 4.41. The Balaban J connectivity index is 1.50. The number of hydrogen-bond acceptors (Lipinski definition) is 4. The molecule has 2 saturated heterocycles. The first-order chi connectivity index (χ1) is 11.6. The van der Waals surface area contributed by atoms with E-state index in [1.807, 2.05) is 0 Å². The van der Waals surface area contributed by atoms with Crippen molar-refractivity contribution in [2.24, 2.45) is 0 Å². The molecule has 132 valence electrons. The maximum atomic E-state index is 12.8. The maximum Gasteiger partial charge on any atom is 0.217 e. The van der Waals surface area contributed by atoms with Crippen molar-refractivity contribution in [3.63, 3.8) is 0 Å². The molecule has 0 unspecified atom stereocenters. The highest BCUT2D eigenvalue weighted by atomic mass is 32.2. The van der Waals surface area contributed by atoms with Crippen molar-refractivity contribution in [2.75, 3.05) is 26.2 Å². The standard InChI is InChI=1S/C18H26N2O3S/c1-14-4-2-3-5-15(14)12-19-9-8-18-17(13-19)20(10-11-23-18)24(21,22)16-6-7-16/h2-5,16-18H,6-13H2,1H3/t17-,18-/m1/s1. The van der Waals surface area contributed by atoms with Crippen LogP contribution < -0.4 is 0 Å². The van der Waals surface area contributed by atoms with Gasteiger partial charge in [-0.05, 0) is 37.3 Å². The maximum absolute atomic E-state index is 12.8. The summed E-state index contributed by atoms with van der Waals surface area (Å²) in [5.41, 5.74) is 2.62. The Labute approximate surface area is 144 Å². The van der Waals surface area contributed by atoms with Crippen LogP contribution in [0, 0.1) is 6.92 Å². The molecular formula is C18H26N2O3S. The van der Waals surface area contributed by atoms with Gasteiger partial charge in [0.05, 0.1) is 24.0 Å². The van der Waals surface area contributed by atoms with E-state index in [4.69, 9.17) is 4.74 Å². The van der Waals surface area contributed by atoms with E-state index in [0.29, 0.717) is 13.2 Å². The monoisotopic (exact) mass is 350 g/mol. The first-order valence-electron chi connectivity index (χ1n) is 8.95. The smallest absolute Gasteiger partial charge is 0.217 e. The van der Waals surface area contributed by atoms with Crippen molar-refractivity contribution in [3.05, 3.63) is 35.4 Å². The van der Waals surface area contributed by atoms with Crippen molar-refractivity contribution in [1.29, 1.82) is 0 Å². The molecule has 1 saturated carbocycles. The highest BCUT2D eigenvalue weighted by molar-refractivity contribution is 7.90. The van der Waals surface area contributed by atoms with Gasteiger partial charge in [-0.3, -0.25) is 4.90 Å². The van der Waals surface area contributed by atoms with E-state index in [1.54, 1.807) is 4.31 Å². The van der Waals surface area contributed by atoms with E-state index >= 15 is 0 Å². The molecule has 5 nitrogen and oxygen atoms in total. The normalized spacial score (nSPS) is 29.4. The van der Waals surface area contributed by atoms with Gasteiger partial charge in [0.2, 0.25) is 10.0 Å². The fraction of sp³-hybridized carbons (Fsp3) is 0.667. The van der Waals surface area contributed by atoms with Crippen molar-refractivity contribution in [2.45, 2.75) is 50.1 Å². The second kappa shape index (κ2) is 6.41. The number of fused-ring (bicyclic) bond motifs is 1. The van der Waals surface area contributed by atoms with Gasteiger partial charge in [0.15, 0.2) is 0 Å². The van der Waals surface area contributed by atoms with Gasteiger partial charge in [-0.2, -0.15) is 4.31 Å². The molecule has 4 rings (SSSR count). The lowest BCUT2D eigenvalue weighted by molar-refractivity contribution is -0.0770. The zero-order valence-corrected chi connectivity index (χ0v) is 15.0. The van der Waals surface area contributed by atoms with Crippen LogP contribution in [0.4, 0.5) is 0 Å². The van der Waals surface area contributed by atoms with Crippen LogP contribution in [-0.2, 0) is 21.3 Å². The van der Waals surface area contributed by atoms with Gasteiger partial charge < -0.3 is 4.74 Å². The van der Waals surface area contributed by atoms with Crippen molar-refractivity contribution < 1.29 is 13.2 Å². The highest BCUT2D eigenvalue weighted by Crippen LogP contribution is 2.35. The summed E-state index contributed by atoms with van der Waals surface area (Å²) in [5.74, 6) is 0. The van der Waals surface area contributed by atoms with E-state index in [-0.39, 0.29) is 17.4 Å². The summed E-state index contributed by atoms with van der Waals surface area (Å²) in [4.78, 5) is 2.38. The van der Waals surface area contributed by atoms with E-state index < -0.39 is 10.0 Å². The molecule has 24 heavy (non-hydrogen) atoms. The molecule has 1 aromatic rings. The first-order valence-corrected chi connectivity index (χ1v) is 10.4. The molecule has 6 heteroatoms. The minimum absolute atomic E-state index is 0.0258. The molecule has 3 fully saturated rings. The Bertz CT molecular complexity index is 702. The molecule has 0 amide bonds. The molecule has 3 aliphatic rings. The number of hydrogen-bond donors (Lipinski definition) is 0. The van der Waals surface area contributed by atoms with Crippen LogP contribution in [0.5, 0.6) is 0 Å². The van der Waals surface area contributed by atoms with Crippen molar-refractivity contribution in [1.82, 2.24) is 9.21 Å². The third-order valence-corrected chi connectivity index (χ3v) is 7.97. The number of piperidine rings is 1. The van der Waals surface area contributed by atoms with Crippen LogP contribution in [0.2, 0.25) is 0 Å². The second-order valence-corrected chi connectivity index (χ2v) is 9.45. The Morgan fingerprint density at radius 1 is 1.17 bits per heavy atom. The number of likely N-dealkylation sites (tertiary alicyclic amines) is 1. The zero-order chi connectivity index (χ0) is 16.7. The quantitative estimate of drug-likeness (QED) is 0.830. The lowest BCUT2D eigenvalue weighted by Crippen LogP contribution is -2.61. The highest BCUT2D eigenvalue weighted by Gasteiger charge is 2.47. The zero-order valence-electron chi connectivity index (χ0n) is 14.2. The molecule has 2 heterocycles. The predicted molar refractivity (Wildman–Crippen MR) is 93.2 cm³/mol. The summed E-state index contributed by atoms with van der Waals surface area (Å²) in [5, 5.41) is -0.136.